The van der Waals surface area contributed by atoms with Crippen LogP contribution in [0, 0.1) is 0 Å². The van der Waals surface area contributed by atoms with E-state index in [-0.39, 0.29) is 11.0 Å². The fourth-order valence-electron chi connectivity index (χ4n) is 5.16. The van der Waals surface area contributed by atoms with Crippen molar-refractivity contribution in [3.63, 3.8) is 0 Å². The third-order valence-corrected chi connectivity index (χ3v) is 6.09. The van der Waals surface area contributed by atoms with E-state index in [0.29, 0.717) is 0 Å². The lowest BCUT2D eigenvalue weighted by Gasteiger charge is -2.40. The summed E-state index contributed by atoms with van der Waals surface area (Å²) in [4.78, 5) is 0. The SMILES string of the molecule is CC1(N)CC2(c3ccccc3Cc3ccc(N)cc32)c2ccccc21. The molecule has 3 aromatic carbocycles. The lowest BCUT2D eigenvalue weighted by atomic mass is 9.63. The molecule has 2 atom stereocenters. The van der Waals surface area contributed by atoms with Crippen LogP contribution in [0.1, 0.15) is 46.7 Å². The Morgan fingerprint density at radius 1 is 0.760 bits per heavy atom. The van der Waals surface area contributed by atoms with Crippen molar-refractivity contribution < 1.29 is 0 Å². The van der Waals surface area contributed by atoms with Crippen LogP contribution in [0.3, 0.4) is 0 Å². The second-order valence-corrected chi connectivity index (χ2v) is 7.80. The van der Waals surface area contributed by atoms with Gasteiger partial charge in [-0.2, -0.15) is 0 Å². The monoisotopic (exact) mass is 326 g/mol. The summed E-state index contributed by atoms with van der Waals surface area (Å²) in [6.07, 6.45) is 1.82. The van der Waals surface area contributed by atoms with Crippen LogP contribution in [0.4, 0.5) is 5.69 Å². The van der Waals surface area contributed by atoms with Crippen molar-refractivity contribution in [3.8, 4) is 0 Å². The van der Waals surface area contributed by atoms with Crippen molar-refractivity contribution in [2.24, 2.45) is 5.73 Å². The van der Waals surface area contributed by atoms with E-state index in [4.69, 9.17) is 11.5 Å². The van der Waals surface area contributed by atoms with Gasteiger partial charge in [-0.05, 0) is 65.3 Å². The maximum Gasteiger partial charge on any atom is 0.0481 e. The van der Waals surface area contributed by atoms with Crippen LogP contribution in [0.5, 0.6) is 0 Å². The van der Waals surface area contributed by atoms with Crippen molar-refractivity contribution in [2.75, 3.05) is 5.73 Å². The Bertz CT molecular complexity index is 1000. The molecule has 0 amide bonds. The number of anilines is 1. The van der Waals surface area contributed by atoms with Crippen molar-refractivity contribution in [1.82, 2.24) is 0 Å². The lowest BCUT2D eigenvalue weighted by molar-refractivity contribution is 0.418. The highest BCUT2D eigenvalue weighted by Crippen LogP contribution is 2.57. The molecule has 25 heavy (non-hydrogen) atoms. The Balaban J connectivity index is 1.93. The Hall–Kier alpha value is -2.58. The van der Waals surface area contributed by atoms with E-state index in [1.807, 2.05) is 6.07 Å². The first-order chi connectivity index (χ1) is 12.0. The molecular weight excluding hydrogens is 304 g/mol. The molecule has 4 N–H and O–H groups in total. The van der Waals surface area contributed by atoms with Gasteiger partial charge < -0.3 is 11.5 Å². The minimum Gasteiger partial charge on any atom is -0.399 e. The molecule has 0 heterocycles. The molecule has 0 aromatic heterocycles. The molecule has 1 spiro atoms. The van der Waals surface area contributed by atoms with Crippen LogP contribution in [0.15, 0.2) is 66.7 Å². The summed E-state index contributed by atoms with van der Waals surface area (Å²) in [6.45, 7) is 2.16. The molecule has 2 aliphatic rings. The predicted octanol–water partition coefficient (Wildman–Crippen LogP) is 4.09. The van der Waals surface area contributed by atoms with Crippen LogP contribution < -0.4 is 11.5 Å². The maximum absolute atomic E-state index is 6.82. The van der Waals surface area contributed by atoms with E-state index >= 15 is 0 Å². The Labute approximate surface area is 148 Å². The zero-order valence-corrected chi connectivity index (χ0v) is 14.4. The first kappa shape index (κ1) is 14.7. The Morgan fingerprint density at radius 3 is 2.20 bits per heavy atom. The zero-order chi connectivity index (χ0) is 17.2. The highest BCUT2D eigenvalue weighted by Gasteiger charge is 2.52. The van der Waals surface area contributed by atoms with Gasteiger partial charge in [0, 0.05) is 16.6 Å². The highest BCUT2D eigenvalue weighted by atomic mass is 14.8. The fourth-order valence-corrected chi connectivity index (χ4v) is 5.16. The zero-order valence-electron chi connectivity index (χ0n) is 14.4. The van der Waals surface area contributed by atoms with Gasteiger partial charge in [0.15, 0.2) is 0 Å². The quantitative estimate of drug-likeness (QED) is 0.612. The van der Waals surface area contributed by atoms with Crippen molar-refractivity contribution >= 4 is 5.69 Å². The summed E-state index contributed by atoms with van der Waals surface area (Å²) in [5.41, 5.74) is 21.3. The molecule has 5 rings (SSSR count). The second-order valence-electron chi connectivity index (χ2n) is 7.80. The van der Waals surface area contributed by atoms with Gasteiger partial charge >= 0.3 is 0 Å². The normalized spacial score (nSPS) is 26.2. The predicted molar refractivity (Wildman–Crippen MR) is 103 cm³/mol. The fraction of sp³-hybridized carbons (Fsp3) is 0.217. The summed E-state index contributed by atoms with van der Waals surface area (Å²) in [5.74, 6) is 0. The van der Waals surface area contributed by atoms with Crippen molar-refractivity contribution in [1.29, 1.82) is 0 Å². The molecule has 0 fully saturated rings. The first-order valence-electron chi connectivity index (χ1n) is 8.88. The van der Waals surface area contributed by atoms with Gasteiger partial charge in [0.05, 0.1) is 0 Å². The van der Waals surface area contributed by atoms with E-state index in [2.05, 4.69) is 67.6 Å². The van der Waals surface area contributed by atoms with E-state index in [1.54, 1.807) is 0 Å². The maximum atomic E-state index is 6.82. The average Bonchev–Trinajstić information content (AvgIpc) is 2.85. The van der Waals surface area contributed by atoms with E-state index < -0.39 is 0 Å². The van der Waals surface area contributed by atoms with Crippen molar-refractivity contribution in [3.05, 3.63) is 100 Å². The molecule has 0 radical (unpaired) electrons. The van der Waals surface area contributed by atoms with Gasteiger partial charge in [-0.3, -0.25) is 0 Å². The van der Waals surface area contributed by atoms with Gasteiger partial charge in [-0.25, -0.2) is 0 Å². The molecule has 2 unspecified atom stereocenters. The number of rotatable bonds is 0. The van der Waals surface area contributed by atoms with Crippen LogP contribution >= 0.6 is 0 Å². The lowest BCUT2D eigenvalue weighted by Crippen LogP contribution is -2.37. The first-order valence-corrected chi connectivity index (χ1v) is 8.88. The smallest absolute Gasteiger partial charge is 0.0481 e. The standard InChI is InChI=1S/C23H22N2/c1-22(25)14-23(20-9-5-4-8-19(20)22)18-7-3-2-6-15(18)12-16-10-11-17(24)13-21(16)23/h2-11,13H,12,14,24-25H2,1H3. The van der Waals surface area contributed by atoms with Gasteiger partial charge in [-0.15, -0.1) is 0 Å². The number of benzene rings is 3. The second kappa shape index (κ2) is 4.74. The molecule has 0 saturated heterocycles. The summed E-state index contributed by atoms with van der Waals surface area (Å²) in [7, 11) is 0. The van der Waals surface area contributed by atoms with Crippen molar-refractivity contribution in [2.45, 2.75) is 30.7 Å². The molecule has 0 bridgehead atoms. The summed E-state index contributed by atoms with van der Waals surface area (Å²) in [5, 5.41) is 0. The molecule has 2 aliphatic carbocycles. The number of nitrogen functional groups attached to an aromatic ring is 1. The Morgan fingerprint density at radius 2 is 1.40 bits per heavy atom. The molecule has 0 saturated carbocycles. The van der Waals surface area contributed by atoms with Gasteiger partial charge in [-0.1, -0.05) is 54.6 Å². The van der Waals surface area contributed by atoms with Crippen LogP contribution in [0.2, 0.25) is 0 Å². The van der Waals surface area contributed by atoms with Gasteiger partial charge in [0.25, 0.3) is 0 Å². The van der Waals surface area contributed by atoms with Gasteiger partial charge in [0.2, 0.25) is 0 Å². The Kier molecular flexibility index (Phi) is 2.79. The number of fused-ring (bicyclic) bond motifs is 6. The minimum atomic E-state index is -0.358. The summed E-state index contributed by atoms with van der Waals surface area (Å²) < 4.78 is 0. The van der Waals surface area contributed by atoms with Crippen LogP contribution in [-0.2, 0) is 17.4 Å². The molecule has 3 aromatic rings. The average molecular weight is 326 g/mol. The third kappa shape index (κ3) is 1.83. The minimum absolute atomic E-state index is 0.209. The molecule has 124 valence electrons. The van der Waals surface area contributed by atoms with E-state index in [1.165, 1.54) is 33.4 Å². The van der Waals surface area contributed by atoms with Crippen LogP contribution in [0.25, 0.3) is 0 Å². The third-order valence-electron chi connectivity index (χ3n) is 6.09. The summed E-state index contributed by atoms with van der Waals surface area (Å²) >= 11 is 0. The van der Waals surface area contributed by atoms with Gasteiger partial charge in [0.1, 0.15) is 0 Å². The number of hydrogen-bond donors (Lipinski definition) is 2. The number of hydrogen-bond acceptors (Lipinski definition) is 2. The van der Waals surface area contributed by atoms with Crippen LogP contribution in [-0.4, -0.2) is 0 Å². The highest BCUT2D eigenvalue weighted by molar-refractivity contribution is 5.67. The largest absolute Gasteiger partial charge is 0.399 e. The molecule has 2 heteroatoms. The summed E-state index contributed by atoms with van der Waals surface area (Å²) in [6, 6.07) is 23.9. The van der Waals surface area contributed by atoms with E-state index in [9.17, 15) is 0 Å². The molecular formula is C23H22N2. The molecule has 2 nitrogen and oxygen atoms in total. The number of nitrogens with two attached hydrogens (primary N) is 2. The van der Waals surface area contributed by atoms with E-state index in [0.717, 1.165) is 18.5 Å². The topological polar surface area (TPSA) is 52.0 Å². The molecule has 0 aliphatic heterocycles.